The fourth-order valence-electron chi connectivity index (χ4n) is 1.66. The Morgan fingerprint density at radius 1 is 1.64 bits per heavy atom. The first-order chi connectivity index (χ1) is 6.68. The Kier molecular flexibility index (Phi) is 2.19. The number of nitrogen functional groups attached to an aromatic ring is 1. The minimum absolute atomic E-state index is 0.0337. The fourth-order valence-corrected chi connectivity index (χ4v) is 1.66. The summed E-state index contributed by atoms with van der Waals surface area (Å²) in [7, 11) is 1.85. The molecular weight excluding hydrogens is 178 g/mol. The highest BCUT2D eigenvalue weighted by Crippen LogP contribution is 2.24. The van der Waals surface area contributed by atoms with E-state index in [-0.39, 0.29) is 5.91 Å². The minimum Gasteiger partial charge on any atom is -0.397 e. The fraction of sp³-hybridized carbons (Fsp3) is 0.500. The molecule has 76 valence electrons. The summed E-state index contributed by atoms with van der Waals surface area (Å²) in [6.45, 7) is 0. The van der Waals surface area contributed by atoms with E-state index < -0.39 is 0 Å². The summed E-state index contributed by atoms with van der Waals surface area (Å²) in [5.74, 6) is 0.0337. The van der Waals surface area contributed by atoms with Gasteiger partial charge in [-0.3, -0.25) is 4.79 Å². The van der Waals surface area contributed by atoms with Crippen LogP contribution >= 0.6 is 0 Å². The first-order valence-electron chi connectivity index (χ1n) is 4.89. The van der Waals surface area contributed by atoms with Crippen molar-refractivity contribution < 1.29 is 4.79 Å². The van der Waals surface area contributed by atoms with Crippen LogP contribution in [0.15, 0.2) is 12.3 Å². The summed E-state index contributed by atoms with van der Waals surface area (Å²) in [5.41, 5.74) is 6.72. The molecule has 0 radical (unpaired) electrons. The number of amides is 1. The van der Waals surface area contributed by atoms with Gasteiger partial charge in [0.25, 0.3) is 5.91 Å². The maximum atomic E-state index is 11.8. The van der Waals surface area contributed by atoms with Crippen molar-refractivity contribution in [1.82, 2.24) is 9.88 Å². The SMILES string of the molecule is CN(C(=O)c1cc(N)c[nH]1)C1CCC1. The summed E-state index contributed by atoms with van der Waals surface area (Å²) < 4.78 is 0. The number of aromatic amines is 1. The number of hydrogen-bond acceptors (Lipinski definition) is 2. The highest BCUT2D eigenvalue weighted by molar-refractivity contribution is 5.93. The van der Waals surface area contributed by atoms with Crippen molar-refractivity contribution in [3.8, 4) is 0 Å². The van der Waals surface area contributed by atoms with E-state index in [1.807, 2.05) is 7.05 Å². The second-order valence-corrected chi connectivity index (χ2v) is 3.85. The highest BCUT2D eigenvalue weighted by Gasteiger charge is 2.26. The monoisotopic (exact) mass is 193 g/mol. The Bertz CT molecular complexity index is 341. The zero-order chi connectivity index (χ0) is 10.1. The number of aromatic nitrogens is 1. The molecule has 0 spiro atoms. The van der Waals surface area contributed by atoms with E-state index in [0.717, 1.165) is 12.8 Å². The van der Waals surface area contributed by atoms with Crippen LogP contribution in [-0.4, -0.2) is 28.9 Å². The Balaban J connectivity index is 2.07. The highest BCUT2D eigenvalue weighted by atomic mass is 16.2. The maximum absolute atomic E-state index is 11.8. The molecule has 4 nitrogen and oxygen atoms in total. The van der Waals surface area contributed by atoms with Gasteiger partial charge in [0, 0.05) is 25.0 Å². The molecule has 2 rings (SSSR count). The number of nitrogens with one attached hydrogen (secondary N) is 1. The number of carbonyl (C=O) groups is 1. The molecular formula is C10H15N3O. The number of H-pyrrole nitrogens is 1. The second-order valence-electron chi connectivity index (χ2n) is 3.85. The Morgan fingerprint density at radius 2 is 2.36 bits per heavy atom. The van der Waals surface area contributed by atoms with Gasteiger partial charge in [-0.2, -0.15) is 0 Å². The summed E-state index contributed by atoms with van der Waals surface area (Å²) in [6.07, 6.45) is 5.12. The van der Waals surface area contributed by atoms with Gasteiger partial charge in [-0.05, 0) is 25.3 Å². The standard InChI is InChI=1S/C10H15N3O/c1-13(8-3-2-4-8)10(14)9-5-7(11)6-12-9/h5-6,8,12H,2-4,11H2,1H3. The number of nitrogens with two attached hydrogens (primary N) is 1. The lowest BCUT2D eigenvalue weighted by Crippen LogP contribution is -2.41. The van der Waals surface area contributed by atoms with Gasteiger partial charge in [0.2, 0.25) is 0 Å². The number of nitrogens with zero attached hydrogens (tertiary/aromatic N) is 1. The van der Waals surface area contributed by atoms with Gasteiger partial charge in [-0.25, -0.2) is 0 Å². The zero-order valence-electron chi connectivity index (χ0n) is 8.29. The minimum atomic E-state index is 0.0337. The lowest BCUT2D eigenvalue weighted by molar-refractivity contribution is 0.0647. The molecule has 14 heavy (non-hydrogen) atoms. The molecule has 0 saturated heterocycles. The van der Waals surface area contributed by atoms with Crippen LogP contribution in [0.1, 0.15) is 29.8 Å². The normalized spacial score (nSPS) is 16.4. The van der Waals surface area contributed by atoms with Crippen molar-refractivity contribution in [2.75, 3.05) is 12.8 Å². The second kappa shape index (κ2) is 3.36. The van der Waals surface area contributed by atoms with E-state index in [4.69, 9.17) is 5.73 Å². The molecule has 1 fully saturated rings. The van der Waals surface area contributed by atoms with Crippen molar-refractivity contribution in [2.45, 2.75) is 25.3 Å². The van der Waals surface area contributed by atoms with E-state index >= 15 is 0 Å². The van der Waals surface area contributed by atoms with Crippen LogP contribution in [0, 0.1) is 0 Å². The molecule has 0 bridgehead atoms. The molecule has 1 aromatic heterocycles. The van der Waals surface area contributed by atoms with E-state index in [0.29, 0.717) is 17.4 Å². The van der Waals surface area contributed by atoms with E-state index in [2.05, 4.69) is 4.98 Å². The predicted octanol–water partition coefficient (Wildman–Crippen LogP) is 1.22. The molecule has 0 unspecified atom stereocenters. The van der Waals surface area contributed by atoms with Crippen LogP contribution in [0.4, 0.5) is 5.69 Å². The van der Waals surface area contributed by atoms with Gasteiger partial charge >= 0.3 is 0 Å². The van der Waals surface area contributed by atoms with Crippen molar-refractivity contribution in [2.24, 2.45) is 0 Å². The van der Waals surface area contributed by atoms with Crippen molar-refractivity contribution in [3.63, 3.8) is 0 Å². The van der Waals surface area contributed by atoms with E-state index in [1.54, 1.807) is 17.2 Å². The topological polar surface area (TPSA) is 62.1 Å². The molecule has 1 saturated carbocycles. The van der Waals surface area contributed by atoms with Gasteiger partial charge in [0.15, 0.2) is 0 Å². The third-order valence-corrected chi connectivity index (χ3v) is 2.88. The predicted molar refractivity (Wildman–Crippen MR) is 54.9 cm³/mol. The molecule has 0 atom stereocenters. The zero-order valence-corrected chi connectivity index (χ0v) is 8.29. The first-order valence-corrected chi connectivity index (χ1v) is 4.89. The number of carbonyl (C=O) groups excluding carboxylic acids is 1. The first kappa shape index (κ1) is 9.12. The summed E-state index contributed by atoms with van der Waals surface area (Å²) in [6, 6.07) is 2.10. The van der Waals surface area contributed by atoms with Crippen LogP contribution < -0.4 is 5.73 Å². The van der Waals surface area contributed by atoms with Gasteiger partial charge in [0.1, 0.15) is 5.69 Å². The molecule has 0 aromatic carbocycles. The summed E-state index contributed by atoms with van der Waals surface area (Å²) >= 11 is 0. The largest absolute Gasteiger partial charge is 0.397 e. The molecule has 3 N–H and O–H groups in total. The van der Waals surface area contributed by atoms with Gasteiger partial charge in [-0.1, -0.05) is 0 Å². The third-order valence-electron chi connectivity index (χ3n) is 2.88. The number of rotatable bonds is 2. The van der Waals surface area contributed by atoms with Crippen molar-refractivity contribution in [3.05, 3.63) is 18.0 Å². The molecule has 1 amide bonds. The quantitative estimate of drug-likeness (QED) is 0.741. The Hall–Kier alpha value is -1.45. The number of hydrogen-bond donors (Lipinski definition) is 2. The van der Waals surface area contributed by atoms with Crippen molar-refractivity contribution >= 4 is 11.6 Å². The summed E-state index contributed by atoms with van der Waals surface area (Å²) in [4.78, 5) is 16.5. The van der Waals surface area contributed by atoms with Crippen LogP contribution in [0.2, 0.25) is 0 Å². The number of anilines is 1. The smallest absolute Gasteiger partial charge is 0.270 e. The Labute approximate surface area is 83.1 Å². The van der Waals surface area contributed by atoms with Gasteiger partial charge < -0.3 is 15.6 Å². The van der Waals surface area contributed by atoms with Crippen LogP contribution in [0.3, 0.4) is 0 Å². The molecule has 0 aliphatic heterocycles. The van der Waals surface area contributed by atoms with Crippen LogP contribution in [0.5, 0.6) is 0 Å². The Morgan fingerprint density at radius 3 is 2.79 bits per heavy atom. The van der Waals surface area contributed by atoms with Crippen LogP contribution in [-0.2, 0) is 0 Å². The molecule has 1 aromatic rings. The average molecular weight is 193 g/mol. The summed E-state index contributed by atoms with van der Waals surface area (Å²) in [5, 5.41) is 0. The van der Waals surface area contributed by atoms with Crippen molar-refractivity contribution in [1.29, 1.82) is 0 Å². The van der Waals surface area contributed by atoms with E-state index in [9.17, 15) is 4.79 Å². The van der Waals surface area contributed by atoms with Gasteiger partial charge in [0.05, 0.1) is 0 Å². The maximum Gasteiger partial charge on any atom is 0.270 e. The van der Waals surface area contributed by atoms with Crippen LogP contribution in [0.25, 0.3) is 0 Å². The lowest BCUT2D eigenvalue weighted by atomic mass is 9.92. The molecule has 1 heterocycles. The molecule has 4 heteroatoms. The third kappa shape index (κ3) is 1.47. The molecule has 1 aliphatic carbocycles. The average Bonchev–Trinajstić information content (AvgIpc) is 2.47. The van der Waals surface area contributed by atoms with E-state index in [1.165, 1.54) is 6.42 Å². The lowest BCUT2D eigenvalue weighted by Gasteiger charge is -2.34. The molecule has 1 aliphatic rings. The van der Waals surface area contributed by atoms with Gasteiger partial charge in [-0.15, -0.1) is 0 Å².